The highest BCUT2D eigenvalue weighted by atomic mass is 15.2. The normalized spacial score (nSPS) is 19.6. The zero-order valence-corrected chi connectivity index (χ0v) is 13.0. The van der Waals surface area contributed by atoms with Gasteiger partial charge in [-0.25, -0.2) is 0 Å². The maximum Gasteiger partial charge on any atom is 0.0335 e. The lowest BCUT2D eigenvalue weighted by molar-refractivity contribution is 0.0643. The number of nitrogens with two attached hydrogens (primary N) is 1. The minimum atomic E-state index is 0.227. The van der Waals surface area contributed by atoms with E-state index < -0.39 is 0 Å². The molecular formula is C18H30N2. The fourth-order valence-corrected chi connectivity index (χ4v) is 3.63. The first-order valence-electron chi connectivity index (χ1n) is 8.30. The molecule has 2 heteroatoms. The number of hydrogen-bond donors (Lipinski definition) is 1. The molecule has 1 aliphatic carbocycles. The van der Waals surface area contributed by atoms with Crippen molar-refractivity contribution in [1.82, 2.24) is 4.90 Å². The molecule has 0 spiro atoms. The third-order valence-corrected chi connectivity index (χ3v) is 4.93. The highest BCUT2D eigenvalue weighted by molar-refractivity contribution is 5.15. The smallest absolute Gasteiger partial charge is 0.0335 e. The maximum atomic E-state index is 6.25. The van der Waals surface area contributed by atoms with Crippen molar-refractivity contribution in [3.05, 3.63) is 35.9 Å². The lowest BCUT2D eigenvalue weighted by Crippen LogP contribution is -2.53. The van der Waals surface area contributed by atoms with Gasteiger partial charge in [0, 0.05) is 18.6 Å². The van der Waals surface area contributed by atoms with Crippen molar-refractivity contribution in [1.29, 1.82) is 0 Å². The van der Waals surface area contributed by atoms with Gasteiger partial charge in [0.15, 0.2) is 0 Å². The Morgan fingerprint density at radius 3 is 2.15 bits per heavy atom. The number of nitrogens with zero attached hydrogens (tertiary/aromatic N) is 1. The van der Waals surface area contributed by atoms with E-state index in [4.69, 9.17) is 5.73 Å². The number of hydrogen-bond acceptors (Lipinski definition) is 2. The van der Waals surface area contributed by atoms with Gasteiger partial charge in [0.25, 0.3) is 0 Å². The Bertz CT molecular complexity index is 366. The average Bonchev–Trinajstić information content (AvgIpc) is 2.47. The van der Waals surface area contributed by atoms with Gasteiger partial charge in [-0.3, -0.25) is 4.90 Å². The van der Waals surface area contributed by atoms with Crippen LogP contribution in [0.3, 0.4) is 0 Å². The zero-order chi connectivity index (χ0) is 14.3. The third-order valence-electron chi connectivity index (χ3n) is 4.93. The quantitative estimate of drug-likeness (QED) is 0.881. The van der Waals surface area contributed by atoms with Gasteiger partial charge in [-0.2, -0.15) is 0 Å². The van der Waals surface area contributed by atoms with Crippen LogP contribution in [0.4, 0.5) is 0 Å². The summed E-state index contributed by atoms with van der Waals surface area (Å²) >= 11 is 0. The molecule has 1 aliphatic rings. The lowest BCUT2D eigenvalue weighted by Gasteiger charge is -2.44. The Hall–Kier alpha value is -0.860. The second kappa shape index (κ2) is 7.80. The van der Waals surface area contributed by atoms with E-state index >= 15 is 0 Å². The van der Waals surface area contributed by atoms with E-state index in [1.807, 2.05) is 0 Å². The van der Waals surface area contributed by atoms with Crippen molar-refractivity contribution in [2.75, 3.05) is 13.1 Å². The first kappa shape index (κ1) is 15.5. The van der Waals surface area contributed by atoms with E-state index in [-0.39, 0.29) is 5.54 Å². The third kappa shape index (κ3) is 3.83. The van der Waals surface area contributed by atoms with Crippen molar-refractivity contribution in [2.24, 2.45) is 5.73 Å². The molecule has 0 atom stereocenters. The predicted molar refractivity (Wildman–Crippen MR) is 86.6 cm³/mol. The van der Waals surface area contributed by atoms with Crippen LogP contribution in [0.25, 0.3) is 0 Å². The van der Waals surface area contributed by atoms with Crippen molar-refractivity contribution < 1.29 is 0 Å². The molecule has 0 radical (unpaired) electrons. The summed E-state index contributed by atoms with van der Waals surface area (Å²) in [6.45, 7) is 5.20. The molecule has 2 rings (SSSR count). The molecule has 1 saturated carbocycles. The summed E-state index contributed by atoms with van der Waals surface area (Å²) in [6, 6.07) is 10.8. The average molecular weight is 274 g/mol. The van der Waals surface area contributed by atoms with E-state index in [1.54, 1.807) is 0 Å². The van der Waals surface area contributed by atoms with Crippen LogP contribution in [0, 0.1) is 0 Å². The molecule has 1 aromatic carbocycles. The van der Waals surface area contributed by atoms with Crippen molar-refractivity contribution >= 4 is 0 Å². The highest BCUT2D eigenvalue weighted by Gasteiger charge is 2.34. The van der Waals surface area contributed by atoms with E-state index in [0.717, 1.165) is 19.6 Å². The molecule has 0 amide bonds. The molecule has 0 heterocycles. The molecule has 0 saturated heterocycles. The second-order valence-electron chi connectivity index (χ2n) is 6.20. The fourth-order valence-electron chi connectivity index (χ4n) is 3.63. The van der Waals surface area contributed by atoms with Crippen LogP contribution in [-0.2, 0) is 6.54 Å². The van der Waals surface area contributed by atoms with Crippen molar-refractivity contribution in [3.63, 3.8) is 0 Å². The molecule has 1 fully saturated rings. The van der Waals surface area contributed by atoms with Crippen LogP contribution >= 0.6 is 0 Å². The van der Waals surface area contributed by atoms with Gasteiger partial charge in [0.2, 0.25) is 0 Å². The van der Waals surface area contributed by atoms with E-state index in [1.165, 1.54) is 50.5 Å². The lowest BCUT2D eigenvalue weighted by atomic mass is 9.82. The Morgan fingerprint density at radius 2 is 1.60 bits per heavy atom. The Labute approximate surface area is 124 Å². The second-order valence-corrected chi connectivity index (χ2v) is 6.20. The van der Waals surface area contributed by atoms with E-state index in [9.17, 15) is 0 Å². The summed E-state index contributed by atoms with van der Waals surface area (Å²) in [5.41, 5.74) is 7.88. The van der Waals surface area contributed by atoms with Gasteiger partial charge in [-0.15, -0.1) is 0 Å². The van der Waals surface area contributed by atoms with Crippen LogP contribution < -0.4 is 5.73 Å². The summed E-state index contributed by atoms with van der Waals surface area (Å²) in [5, 5.41) is 0. The summed E-state index contributed by atoms with van der Waals surface area (Å²) in [6.07, 6.45) is 9.38. The van der Waals surface area contributed by atoms with Crippen LogP contribution in [0.1, 0.15) is 57.4 Å². The monoisotopic (exact) mass is 274 g/mol. The van der Waals surface area contributed by atoms with Crippen LogP contribution in [0.15, 0.2) is 30.3 Å². The molecule has 2 N–H and O–H groups in total. The highest BCUT2D eigenvalue weighted by Crippen LogP contribution is 2.32. The minimum Gasteiger partial charge on any atom is -0.329 e. The number of benzene rings is 1. The van der Waals surface area contributed by atoms with Crippen molar-refractivity contribution in [3.8, 4) is 0 Å². The Morgan fingerprint density at radius 1 is 1.00 bits per heavy atom. The van der Waals surface area contributed by atoms with E-state index in [0.29, 0.717) is 0 Å². The molecule has 112 valence electrons. The van der Waals surface area contributed by atoms with Crippen LogP contribution in [0.5, 0.6) is 0 Å². The molecule has 1 aromatic rings. The van der Waals surface area contributed by atoms with Gasteiger partial charge in [-0.1, -0.05) is 69.4 Å². The molecule has 0 aliphatic heterocycles. The molecule has 0 unspecified atom stereocenters. The largest absolute Gasteiger partial charge is 0.329 e. The van der Waals surface area contributed by atoms with Gasteiger partial charge in [0.05, 0.1) is 0 Å². The number of rotatable bonds is 5. The van der Waals surface area contributed by atoms with Gasteiger partial charge >= 0.3 is 0 Å². The molecule has 0 bridgehead atoms. The molecule has 0 aromatic heterocycles. The first-order chi connectivity index (χ1) is 9.80. The summed E-state index contributed by atoms with van der Waals surface area (Å²) < 4.78 is 0. The molecule has 2 nitrogen and oxygen atoms in total. The van der Waals surface area contributed by atoms with Gasteiger partial charge in [0.1, 0.15) is 0 Å². The van der Waals surface area contributed by atoms with Crippen LogP contribution in [0.2, 0.25) is 0 Å². The topological polar surface area (TPSA) is 29.3 Å². The Balaban J connectivity index is 2.12. The van der Waals surface area contributed by atoms with Gasteiger partial charge in [-0.05, 0) is 24.9 Å². The van der Waals surface area contributed by atoms with Crippen molar-refractivity contribution in [2.45, 2.75) is 64.0 Å². The standard InChI is InChI=1S/C18H30N2/c1-2-20(15-17-11-7-6-8-12-17)18(16-19)13-9-4-3-5-10-14-18/h6-8,11-12H,2-5,9-10,13-16,19H2,1H3. The maximum absolute atomic E-state index is 6.25. The summed E-state index contributed by atoms with van der Waals surface area (Å²) in [4.78, 5) is 2.63. The molecule has 20 heavy (non-hydrogen) atoms. The minimum absolute atomic E-state index is 0.227. The SMILES string of the molecule is CCN(Cc1ccccc1)C1(CN)CCCCCCC1. The predicted octanol–water partition coefficient (Wildman–Crippen LogP) is 3.95. The summed E-state index contributed by atoms with van der Waals surface area (Å²) in [7, 11) is 0. The molecular weight excluding hydrogens is 244 g/mol. The zero-order valence-electron chi connectivity index (χ0n) is 13.0. The van der Waals surface area contributed by atoms with Crippen LogP contribution in [-0.4, -0.2) is 23.5 Å². The fraction of sp³-hybridized carbons (Fsp3) is 0.667. The first-order valence-corrected chi connectivity index (χ1v) is 8.30. The Kier molecular flexibility index (Phi) is 6.06. The summed E-state index contributed by atoms with van der Waals surface area (Å²) in [5.74, 6) is 0. The van der Waals surface area contributed by atoms with Gasteiger partial charge < -0.3 is 5.73 Å². The van der Waals surface area contributed by atoms with E-state index in [2.05, 4.69) is 42.2 Å². The number of likely N-dealkylation sites (N-methyl/N-ethyl adjacent to an activating group) is 1.